The summed E-state index contributed by atoms with van der Waals surface area (Å²) in [4.78, 5) is 19.4. The molecule has 0 bridgehead atoms. The summed E-state index contributed by atoms with van der Waals surface area (Å²) in [5, 5.41) is 0. The summed E-state index contributed by atoms with van der Waals surface area (Å²) in [6.07, 6.45) is 3.24. The van der Waals surface area contributed by atoms with Crippen molar-refractivity contribution in [3.8, 4) is 5.69 Å². The Kier molecular flexibility index (Phi) is 5.21. The molecule has 0 N–H and O–H groups in total. The van der Waals surface area contributed by atoms with E-state index in [9.17, 15) is 4.79 Å². The molecule has 27 heavy (non-hydrogen) atoms. The molecule has 140 valence electrons. The quantitative estimate of drug-likeness (QED) is 0.696. The number of benzene rings is 2. The molecule has 1 amide bonds. The Bertz CT molecular complexity index is 912. The summed E-state index contributed by atoms with van der Waals surface area (Å²) >= 11 is 0. The van der Waals surface area contributed by atoms with E-state index in [1.807, 2.05) is 41.3 Å². The van der Waals surface area contributed by atoms with Crippen LogP contribution < -0.4 is 0 Å². The Balaban J connectivity index is 1.53. The number of rotatable bonds is 5. The molecule has 1 saturated heterocycles. The molecular formula is C22H25N3O2. The zero-order valence-electron chi connectivity index (χ0n) is 15.7. The first kappa shape index (κ1) is 17.7. The van der Waals surface area contributed by atoms with E-state index in [-0.39, 0.29) is 12.0 Å². The summed E-state index contributed by atoms with van der Waals surface area (Å²) in [5.41, 5.74) is 3.12. The number of aromatic nitrogens is 2. The molecule has 0 spiro atoms. The smallest absolute Gasteiger partial charge is 0.223 e. The van der Waals surface area contributed by atoms with E-state index in [2.05, 4.69) is 22.8 Å². The number of ether oxygens (including phenoxy) is 1. The molecule has 0 atom stereocenters. The highest BCUT2D eigenvalue weighted by atomic mass is 16.5. The fourth-order valence-electron chi connectivity index (χ4n) is 3.83. The highest BCUT2D eigenvalue weighted by Crippen LogP contribution is 2.23. The second-order valence-electron chi connectivity index (χ2n) is 7.00. The van der Waals surface area contributed by atoms with Crippen LogP contribution in [0.2, 0.25) is 0 Å². The Morgan fingerprint density at radius 2 is 1.78 bits per heavy atom. The molecule has 5 heteroatoms. The number of likely N-dealkylation sites (tertiary alicyclic amines) is 1. The monoisotopic (exact) mass is 363 g/mol. The number of fused-ring (bicyclic) bond motifs is 1. The molecule has 0 saturated carbocycles. The molecule has 3 aromatic rings. The summed E-state index contributed by atoms with van der Waals surface area (Å²) in [6, 6.07) is 18.3. The lowest BCUT2D eigenvalue weighted by Gasteiger charge is -2.31. The van der Waals surface area contributed by atoms with Gasteiger partial charge in [0.2, 0.25) is 5.91 Å². The number of imidazole rings is 1. The lowest BCUT2D eigenvalue weighted by atomic mass is 10.1. The molecule has 2 heterocycles. The molecule has 2 aromatic carbocycles. The fourth-order valence-corrected chi connectivity index (χ4v) is 3.83. The number of amides is 1. The first-order valence-corrected chi connectivity index (χ1v) is 9.58. The zero-order valence-corrected chi connectivity index (χ0v) is 15.7. The second-order valence-corrected chi connectivity index (χ2v) is 7.00. The van der Waals surface area contributed by atoms with Crippen molar-refractivity contribution >= 4 is 16.9 Å². The predicted molar refractivity (Wildman–Crippen MR) is 106 cm³/mol. The fraction of sp³-hybridized carbons (Fsp3) is 0.364. The molecule has 0 radical (unpaired) electrons. The van der Waals surface area contributed by atoms with Gasteiger partial charge in [-0.05, 0) is 37.1 Å². The molecule has 0 aliphatic carbocycles. The average Bonchev–Trinajstić information content (AvgIpc) is 3.11. The second kappa shape index (κ2) is 7.92. The molecule has 1 fully saturated rings. The normalized spacial score (nSPS) is 15.4. The van der Waals surface area contributed by atoms with Crippen LogP contribution in [0.3, 0.4) is 0 Å². The number of para-hydroxylation sites is 3. The van der Waals surface area contributed by atoms with Crippen molar-refractivity contribution in [3.05, 3.63) is 60.4 Å². The van der Waals surface area contributed by atoms with Crippen LogP contribution in [0.25, 0.3) is 16.7 Å². The number of methoxy groups -OCH3 is 1. The molecular weight excluding hydrogens is 338 g/mol. The summed E-state index contributed by atoms with van der Waals surface area (Å²) in [7, 11) is 1.75. The zero-order chi connectivity index (χ0) is 18.6. The van der Waals surface area contributed by atoms with Crippen LogP contribution in [-0.2, 0) is 16.0 Å². The number of hydrogen-bond acceptors (Lipinski definition) is 3. The van der Waals surface area contributed by atoms with Crippen molar-refractivity contribution in [2.24, 2.45) is 0 Å². The topological polar surface area (TPSA) is 47.4 Å². The van der Waals surface area contributed by atoms with Crippen LogP contribution in [0.4, 0.5) is 0 Å². The number of nitrogens with zero attached hydrogens (tertiary/aromatic N) is 3. The van der Waals surface area contributed by atoms with Gasteiger partial charge in [-0.3, -0.25) is 9.36 Å². The first-order chi connectivity index (χ1) is 13.3. The van der Waals surface area contributed by atoms with Gasteiger partial charge < -0.3 is 9.64 Å². The van der Waals surface area contributed by atoms with Crippen LogP contribution in [0.5, 0.6) is 0 Å². The van der Waals surface area contributed by atoms with Crippen molar-refractivity contribution in [1.29, 1.82) is 0 Å². The third-order valence-corrected chi connectivity index (χ3v) is 5.34. The van der Waals surface area contributed by atoms with E-state index in [1.165, 1.54) is 0 Å². The highest BCUT2D eigenvalue weighted by molar-refractivity contribution is 5.79. The summed E-state index contributed by atoms with van der Waals surface area (Å²) < 4.78 is 7.56. The molecule has 1 aliphatic rings. The molecule has 0 unspecified atom stereocenters. The van der Waals surface area contributed by atoms with Crippen molar-refractivity contribution < 1.29 is 9.53 Å². The van der Waals surface area contributed by atoms with E-state index < -0.39 is 0 Å². The number of aryl methyl sites for hydroxylation is 1. The van der Waals surface area contributed by atoms with Gasteiger partial charge in [-0.1, -0.05) is 30.3 Å². The number of carbonyl (C=O) groups is 1. The van der Waals surface area contributed by atoms with Crippen molar-refractivity contribution in [3.63, 3.8) is 0 Å². The van der Waals surface area contributed by atoms with Crippen LogP contribution in [-0.4, -0.2) is 46.7 Å². The Labute approximate surface area is 159 Å². The van der Waals surface area contributed by atoms with E-state index in [1.54, 1.807) is 7.11 Å². The number of piperidine rings is 1. The van der Waals surface area contributed by atoms with Crippen LogP contribution in [0.15, 0.2) is 54.6 Å². The van der Waals surface area contributed by atoms with Crippen molar-refractivity contribution in [2.75, 3.05) is 20.2 Å². The van der Waals surface area contributed by atoms with Crippen molar-refractivity contribution in [2.45, 2.75) is 31.8 Å². The molecule has 1 aromatic heterocycles. The van der Waals surface area contributed by atoms with Gasteiger partial charge in [0.1, 0.15) is 5.82 Å². The van der Waals surface area contributed by atoms with Gasteiger partial charge >= 0.3 is 0 Å². The van der Waals surface area contributed by atoms with E-state index >= 15 is 0 Å². The molecule has 4 rings (SSSR count). The van der Waals surface area contributed by atoms with Gasteiger partial charge in [-0.25, -0.2) is 4.98 Å². The number of hydrogen-bond donors (Lipinski definition) is 0. The van der Waals surface area contributed by atoms with Gasteiger partial charge in [-0.15, -0.1) is 0 Å². The molecule has 5 nitrogen and oxygen atoms in total. The maximum atomic E-state index is 12.7. The van der Waals surface area contributed by atoms with Gasteiger partial charge in [0.25, 0.3) is 0 Å². The lowest BCUT2D eigenvalue weighted by Crippen LogP contribution is -2.40. The predicted octanol–water partition coefficient (Wildman–Crippen LogP) is 3.60. The van der Waals surface area contributed by atoms with Gasteiger partial charge in [-0.2, -0.15) is 0 Å². The van der Waals surface area contributed by atoms with Crippen molar-refractivity contribution in [1.82, 2.24) is 14.5 Å². The van der Waals surface area contributed by atoms with Gasteiger partial charge in [0.05, 0.1) is 17.1 Å². The van der Waals surface area contributed by atoms with Crippen LogP contribution in [0.1, 0.15) is 25.1 Å². The van der Waals surface area contributed by atoms with Crippen LogP contribution in [0, 0.1) is 0 Å². The minimum atomic E-state index is 0.205. The third kappa shape index (κ3) is 3.74. The van der Waals surface area contributed by atoms with E-state index in [4.69, 9.17) is 9.72 Å². The maximum Gasteiger partial charge on any atom is 0.223 e. The standard InChI is InChI=1S/C22H25N3O2/c1-27-18-13-15-24(16-14-18)22(26)12-11-21-23-19-9-5-6-10-20(19)25(21)17-7-3-2-4-8-17/h2-10,18H,11-16H2,1H3. The largest absolute Gasteiger partial charge is 0.381 e. The summed E-state index contributed by atoms with van der Waals surface area (Å²) in [5.74, 6) is 1.14. The Hall–Kier alpha value is -2.66. The molecule has 1 aliphatic heterocycles. The summed E-state index contributed by atoms with van der Waals surface area (Å²) in [6.45, 7) is 1.57. The van der Waals surface area contributed by atoms with Gasteiger partial charge in [0, 0.05) is 38.7 Å². The minimum absolute atomic E-state index is 0.205. The number of carbonyl (C=O) groups excluding carboxylic acids is 1. The highest BCUT2D eigenvalue weighted by Gasteiger charge is 2.23. The first-order valence-electron chi connectivity index (χ1n) is 9.58. The Morgan fingerprint density at radius 1 is 1.07 bits per heavy atom. The van der Waals surface area contributed by atoms with Gasteiger partial charge in [0.15, 0.2) is 0 Å². The van der Waals surface area contributed by atoms with E-state index in [0.29, 0.717) is 12.8 Å². The minimum Gasteiger partial charge on any atom is -0.381 e. The lowest BCUT2D eigenvalue weighted by molar-refractivity contribution is -0.133. The Morgan fingerprint density at radius 3 is 2.52 bits per heavy atom. The SMILES string of the molecule is COC1CCN(C(=O)CCc2nc3ccccc3n2-c2ccccc2)CC1. The third-order valence-electron chi connectivity index (χ3n) is 5.34. The van der Waals surface area contributed by atoms with Crippen LogP contribution >= 0.6 is 0 Å². The van der Waals surface area contributed by atoms with E-state index in [0.717, 1.165) is 48.5 Å². The maximum absolute atomic E-state index is 12.7. The average molecular weight is 363 g/mol.